The first-order valence-corrected chi connectivity index (χ1v) is 6.01. The fraction of sp³-hybridized carbons (Fsp3) is 0. The summed E-state index contributed by atoms with van der Waals surface area (Å²) in [7, 11) is 0. The number of rotatable bonds is 2. The summed E-state index contributed by atoms with van der Waals surface area (Å²) in [6, 6.07) is 17.7. The van der Waals surface area contributed by atoms with Gasteiger partial charge in [0.25, 0.3) is 0 Å². The van der Waals surface area contributed by atoms with Gasteiger partial charge < -0.3 is 5.11 Å². The predicted octanol–water partition coefficient (Wildman–Crippen LogP) is 4.09. The van der Waals surface area contributed by atoms with E-state index in [0.29, 0.717) is 5.56 Å². The highest BCUT2D eigenvalue weighted by Gasteiger charge is 2.12. The van der Waals surface area contributed by atoms with Crippen LogP contribution in [0.25, 0.3) is 27.1 Å². The third-order valence-corrected chi connectivity index (χ3v) is 3.35. The molecule has 0 aliphatic heterocycles. The number of benzene rings is 3. The lowest BCUT2D eigenvalue weighted by Gasteiger charge is -2.10. The number of hydrogen-bond donors (Lipinski definition) is 1. The Bertz CT molecular complexity index is 816. The topological polar surface area (TPSA) is 37.3 Å². The summed E-state index contributed by atoms with van der Waals surface area (Å²) in [6.45, 7) is 3.68. The van der Waals surface area contributed by atoms with Crippen molar-refractivity contribution in [2.45, 2.75) is 0 Å². The molecule has 0 radical (unpaired) electrons. The van der Waals surface area contributed by atoms with Gasteiger partial charge in [-0.3, -0.25) is 0 Å². The Morgan fingerprint density at radius 2 is 1.47 bits per heavy atom. The lowest BCUT2D eigenvalue weighted by Crippen LogP contribution is -1.99. The molecule has 0 fully saturated rings. The quantitative estimate of drug-likeness (QED) is 0.548. The first-order chi connectivity index (χ1) is 9.18. The number of hydrogen-bond acceptors (Lipinski definition) is 1. The third kappa shape index (κ3) is 1.78. The Morgan fingerprint density at radius 3 is 2.16 bits per heavy atom. The molecular formula is C17H12O2. The minimum atomic E-state index is -0.986. The molecule has 0 saturated heterocycles. The lowest BCUT2D eigenvalue weighted by molar-refractivity contribution is -0.130. The molecule has 0 aliphatic carbocycles. The van der Waals surface area contributed by atoms with E-state index in [9.17, 15) is 4.79 Å². The first-order valence-electron chi connectivity index (χ1n) is 6.01. The highest BCUT2D eigenvalue weighted by Crippen LogP contribution is 2.31. The zero-order chi connectivity index (χ0) is 13.4. The van der Waals surface area contributed by atoms with Gasteiger partial charge in [-0.2, -0.15) is 0 Å². The van der Waals surface area contributed by atoms with Crippen LogP contribution in [0.5, 0.6) is 0 Å². The molecule has 3 aromatic rings. The molecule has 2 nitrogen and oxygen atoms in total. The Labute approximate surface area is 110 Å². The fourth-order valence-corrected chi connectivity index (χ4v) is 2.42. The average molecular weight is 248 g/mol. The molecule has 0 amide bonds. The van der Waals surface area contributed by atoms with Crippen LogP contribution in [0.1, 0.15) is 5.56 Å². The van der Waals surface area contributed by atoms with Gasteiger partial charge in [0.15, 0.2) is 0 Å². The van der Waals surface area contributed by atoms with Crippen molar-refractivity contribution in [2.75, 3.05) is 0 Å². The maximum atomic E-state index is 11.2. The van der Waals surface area contributed by atoms with Crippen molar-refractivity contribution in [3.05, 3.63) is 66.7 Å². The molecule has 0 aliphatic rings. The summed E-state index contributed by atoms with van der Waals surface area (Å²) in [6.07, 6.45) is 0. The molecule has 0 spiro atoms. The van der Waals surface area contributed by atoms with Crippen LogP contribution >= 0.6 is 0 Å². The van der Waals surface area contributed by atoms with Crippen molar-refractivity contribution in [3.63, 3.8) is 0 Å². The number of carboxylic acids is 1. The van der Waals surface area contributed by atoms with Crippen molar-refractivity contribution in [3.8, 4) is 0 Å². The summed E-state index contributed by atoms with van der Waals surface area (Å²) in [5.41, 5.74) is 0.809. The Hall–Kier alpha value is -2.61. The van der Waals surface area contributed by atoms with Crippen LogP contribution in [0.4, 0.5) is 0 Å². The normalized spacial score (nSPS) is 10.7. The van der Waals surface area contributed by atoms with Crippen molar-refractivity contribution in [1.29, 1.82) is 0 Å². The monoisotopic (exact) mass is 248 g/mol. The van der Waals surface area contributed by atoms with Crippen LogP contribution in [0.2, 0.25) is 0 Å². The fourth-order valence-electron chi connectivity index (χ4n) is 2.42. The van der Waals surface area contributed by atoms with Gasteiger partial charge in [0.1, 0.15) is 0 Å². The molecule has 0 aromatic heterocycles. The van der Waals surface area contributed by atoms with Crippen LogP contribution in [-0.4, -0.2) is 11.1 Å². The lowest BCUT2D eigenvalue weighted by atomic mass is 9.94. The second-order valence-electron chi connectivity index (χ2n) is 4.47. The summed E-state index contributed by atoms with van der Waals surface area (Å²) in [4.78, 5) is 11.2. The zero-order valence-corrected chi connectivity index (χ0v) is 10.3. The van der Waals surface area contributed by atoms with Gasteiger partial charge in [0, 0.05) is 0 Å². The smallest absolute Gasteiger partial charge is 0.335 e. The Morgan fingerprint density at radius 1 is 0.895 bits per heavy atom. The molecule has 3 rings (SSSR count). The highest BCUT2D eigenvalue weighted by atomic mass is 16.4. The third-order valence-electron chi connectivity index (χ3n) is 3.35. The van der Waals surface area contributed by atoms with Gasteiger partial charge in [-0.05, 0) is 33.2 Å². The molecule has 0 saturated carbocycles. The minimum absolute atomic E-state index is 0.127. The van der Waals surface area contributed by atoms with Crippen LogP contribution in [0, 0.1) is 0 Å². The highest BCUT2D eigenvalue weighted by molar-refractivity contribution is 6.22. The molecule has 0 bridgehead atoms. The largest absolute Gasteiger partial charge is 0.478 e. The maximum absolute atomic E-state index is 11.2. The van der Waals surface area contributed by atoms with Crippen LogP contribution in [0.15, 0.2) is 61.2 Å². The van der Waals surface area contributed by atoms with Crippen molar-refractivity contribution in [2.24, 2.45) is 0 Å². The second kappa shape index (κ2) is 4.25. The summed E-state index contributed by atoms with van der Waals surface area (Å²) in [5.74, 6) is -0.986. The predicted molar refractivity (Wildman–Crippen MR) is 78.1 cm³/mol. The second-order valence-corrected chi connectivity index (χ2v) is 4.47. The molecule has 0 unspecified atom stereocenters. The molecule has 2 heteroatoms. The summed E-state index contributed by atoms with van der Waals surface area (Å²) >= 11 is 0. The van der Waals surface area contributed by atoms with Gasteiger partial charge >= 0.3 is 5.97 Å². The van der Waals surface area contributed by atoms with E-state index in [1.165, 1.54) is 0 Å². The number of carbonyl (C=O) groups is 1. The van der Waals surface area contributed by atoms with Crippen LogP contribution < -0.4 is 0 Å². The van der Waals surface area contributed by atoms with E-state index < -0.39 is 5.97 Å². The molecule has 3 aromatic carbocycles. The molecule has 92 valence electrons. The zero-order valence-electron chi connectivity index (χ0n) is 10.3. The number of carboxylic acid groups (broad SMARTS) is 1. The summed E-state index contributed by atoms with van der Waals surface area (Å²) < 4.78 is 0. The van der Waals surface area contributed by atoms with E-state index in [4.69, 9.17) is 5.11 Å². The summed E-state index contributed by atoms with van der Waals surface area (Å²) in [5, 5.41) is 13.3. The van der Waals surface area contributed by atoms with Gasteiger partial charge in [0.2, 0.25) is 0 Å². The van der Waals surface area contributed by atoms with E-state index in [-0.39, 0.29) is 5.57 Å². The molecule has 0 heterocycles. The maximum Gasteiger partial charge on any atom is 0.335 e. The first kappa shape index (κ1) is 11.5. The Balaban J connectivity index is 2.49. The van der Waals surface area contributed by atoms with E-state index in [1.54, 1.807) is 0 Å². The van der Waals surface area contributed by atoms with Gasteiger partial charge in [-0.1, -0.05) is 55.1 Å². The minimum Gasteiger partial charge on any atom is -0.478 e. The van der Waals surface area contributed by atoms with Crippen LogP contribution in [-0.2, 0) is 4.79 Å². The van der Waals surface area contributed by atoms with E-state index in [0.717, 1.165) is 21.5 Å². The Kier molecular flexibility index (Phi) is 2.57. The average Bonchev–Trinajstić information content (AvgIpc) is 2.45. The standard InChI is InChI=1S/C17H12O2/c1-11(17(18)19)16-10-12-6-2-3-7-13(12)14-8-4-5-9-15(14)16/h2-10H,1H2,(H,18,19). The molecule has 1 N–H and O–H groups in total. The molecule has 0 atom stereocenters. The van der Waals surface area contributed by atoms with Crippen LogP contribution in [0.3, 0.4) is 0 Å². The number of aliphatic carboxylic acids is 1. The van der Waals surface area contributed by atoms with E-state index in [1.807, 2.05) is 54.6 Å². The molecule has 19 heavy (non-hydrogen) atoms. The van der Waals surface area contributed by atoms with Gasteiger partial charge in [0.05, 0.1) is 5.57 Å². The SMILES string of the molecule is C=C(C(=O)O)c1cc2ccccc2c2ccccc12. The van der Waals surface area contributed by atoms with Gasteiger partial charge in [-0.25, -0.2) is 4.79 Å². The van der Waals surface area contributed by atoms with Crippen molar-refractivity contribution >= 4 is 33.1 Å². The number of fused-ring (bicyclic) bond motifs is 3. The molecular weight excluding hydrogens is 236 g/mol. The van der Waals surface area contributed by atoms with Crippen molar-refractivity contribution < 1.29 is 9.90 Å². The van der Waals surface area contributed by atoms with E-state index in [2.05, 4.69) is 6.58 Å². The van der Waals surface area contributed by atoms with Gasteiger partial charge in [-0.15, -0.1) is 0 Å². The van der Waals surface area contributed by atoms with Crippen molar-refractivity contribution in [1.82, 2.24) is 0 Å². The van der Waals surface area contributed by atoms with E-state index >= 15 is 0 Å².